The van der Waals surface area contributed by atoms with E-state index in [0.717, 1.165) is 5.69 Å². The van der Waals surface area contributed by atoms with Gasteiger partial charge in [0.15, 0.2) is 0 Å². The molecule has 5 aromatic carbocycles. The molecule has 0 atom stereocenters. The summed E-state index contributed by atoms with van der Waals surface area (Å²) < 4.78 is 10.4. The first-order valence-corrected chi connectivity index (χ1v) is 21.5. The highest BCUT2D eigenvalue weighted by molar-refractivity contribution is 7.61. The summed E-state index contributed by atoms with van der Waals surface area (Å²) >= 11 is 0. The minimum absolute atomic E-state index is 1.14. The third kappa shape index (κ3) is 4.60. The first-order valence-electron chi connectivity index (χ1n) is 16.6. The van der Waals surface area contributed by atoms with Crippen molar-refractivity contribution in [3.05, 3.63) is 146 Å². The Morgan fingerprint density at radius 3 is 0.978 bits per heavy atom. The van der Waals surface area contributed by atoms with Gasteiger partial charge in [0.1, 0.15) is 0 Å². The molecule has 1 aliphatic rings. The molecule has 0 unspecified atom stereocenters. The molecule has 5 aromatic rings. The van der Waals surface area contributed by atoms with Crippen LogP contribution < -0.4 is 25.5 Å². The van der Waals surface area contributed by atoms with Gasteiger partial charge in [-0.25, -0.2) is 0 Å². The number of anilines is 1. The lowest BCUT2D eigenvalue weighted by Gasteiger charge is -2.65. The smallest absolute Gasteiger partial charge is 0.312 e. The maximum absolute atomic E-state index is 7.93. The van der Waals surface area contributed by atoms with Crippen LogP contribution in [0, 0.1) is 83.1 Å². The quantitative estimate of drug-likeness (QED) is 0.183. The molecular formula is C42H49NOSi2. The van der Waals surface area contributed by atoms with Crippen LogP contribution in [0.3, 0.4) is 0 Å². The van der Waals surface area contributed by atoms with Gasteiger partial charge in [-0.15, -0.1) is 0 Å². The molecule has 0 aliphatic carbocycles. The summed E-state index contributed by atoms with van der Waals surface area (Å²) in [7, 11) is -6.18. The molecule has 0 bridgehead atoms. The molecule has 1 saturated heterocycles. The molecule has 1 fully saturated rings. The lowest BCUT2D eigenvalue weighted by molar-refractivity contribution is 0.317. The lowest BCUT2D eigenvalue weighted by atomic mass is 10.1. The Morgan fingerprint density at radius 1 is 0.391 bits per heavy atom. The van der Waals surface area contributed by atoms with Gasteiger partial charge in [-0.05, 0) is 160 Å². The molecule has 0 radical (unpaired) electrons. The molecule has 0 amide bonds. The van der Waals surface area contributed by atoms with Crippen molar-refractivity contribution in [3.63, 3.8) is 0 Å². The average Bonchev–Trinajstić information content (AvgIpc) is 2.92. The van der Waals surface area contributed by atoms with Crippen molar-refractivity contribution in [1.29, 1.82) is 0 Å². The van der Waals surface area contributed by atoms with E-state index in [4.69, 9.17) is 4.53 Å². The predicted molar refractivity (Wildman–Crippen MR) is 203 cm³/mol. The number of aryl methyl sites for hydroxylation is 12. The zero-order chi connectivity index (χ0) is 33.3. The van der Waals surface area contributed by atoms with Crippen molar-refractivity contribution < 1.29 is 4.53 Å². The van der Waals surface area contributed by atoms with Gasteiger partial charge < -0.3 is 4.53 Å². The summed E-state index contributed by atoms with van der Waals surface area (Å²) in [5.41, 5.74) is 17.2. The van der Waals surface area contributed by atoms with Crippen LogP contribution in [0.1, 0.15) is 66.8 Å². The van der Waals surface area contributed by atoms with Crippen LogP contribution in [-0.4, -0.2) is 15.6 Å². The monoisotopic (exact) mass is 639 g/mol. The van der Waals surface area contributed by atoms with E-state index in [2.05, 4.69) is 167 Å². The molecule has 1 aliphatic heterocycles. The van der Waals surface area contributed by atoms with E-state index in [1.807, 2.05) is 0 Å². The van der Waals surface area contributed by atoms with E-state index < -0.39 is 15.6 Å². The fourth-order valence-corrected chi connectivity index (χ4v) is 29.8. The fourth-order valence-electron chi connectivity index (χ4n) is 9.42. The first-order chi connectivity index (χ1) is 21.7. The summed E-state index contributed by atoms with van der Waals surface area (Å²) in [5.74, 6) is 0. The maximum Gasteiger partial charge on any atom is 0.312 e. The molecule has 6 rings (SSSR count). The number of hydrogen-bond donors (Lipinski definition) is 0. The molecule has 0 aromatic heterocycles. The predicted octanol–water partition coefficient (Wildman–Crippen LogP) is 7.74. The van der Waals surface area contributed by atoms with Gasteiger partial charge in [-0.2, -0.15) is 0 Å². The second-order valence-electron chi connectivity index (χ2n) is 14.2. The SMILES string of the molecule is Cc1cc(C)c([Si]2(c3c(C)cc(C)cc3C)ON(c3ccccc3)[Si]2(c2c(C)cc(C)cc2C)c2c(C)cc(C)cc2C)c(C)c1. The van der Waals surface area contributed by atoms with Crippen molar-refractivity contribution in [3.8, 4) is 0 Å². The van der Waals surface area contributed by atoms with E-state index in [1.54, 1.807) is 0 Å². The lowest BCUT2D eigenvalue weighted by Crippen LogP contribution is -3.03. The number of nitrogens with zero attached hydrogens (tertiary/aromatic N) is 1. The largest absolute Gasteiger partial charge is 0.316 e. The third-order valence-electron chi connectivity index (χ3n) is 10.2. The van der Waals surface area contributed by atoms with Crippen LogP contribution in [0.5, 0.6) is 0 Å². The maximum atomic E-state index is 7.93. The molecule has 0 N–H and O–H groups in total. The van der Waals surface area contributed by atoms with Crippen molar-refractivity contribution in [2.24, 2.45) is 0 Å². The highest BCUT2D eigenvalue weighted by Crippen LogP contribution is 2.44. The summed E-state index contributed by atoms with van der Waals surface area (Å²) in [5, 5.41) is 5.92. The van der Waals surface area contributed by atoms with Gasteiger partial charge in [0.25, 0.3) is 7.75 Å². The highest BCUT2D eigenvalue weighted by Gasteiger charge is 2.78. The zero-order valence-electron chi connectivity index (χ0n) is 29.9. The van der Waals surface area contributed by atoms with Crippen molar-refractivity contribution >= 4 is 42.0 Å². The number of rotatable bonds is 5. The summed E-state index contributed by atoms with van der Waals surface area (Å²) in [4.78, 5) is 0. The first kappa shape index (κ1) is 32.2. The van der Waals surface area contributed by atoms with Gasteiger partial charge in [-0.1, -0.05) is 89.0 Å². The van der Waals surface area contributed by atoms with Gasteiger partial charge in [-0.3, -0.25) is 4.73 Å². The van der Waals surface area contributed by atoms with Crippen LogP contribution in [0.4, 0.5) is 5.69 Å². The highest BCUT2D eigenvalue weighted by atomic mass is 29.3. The topological polar surface area (TPSA) is 12.5 Å². The van der Waals surface area contributed by atoms with Gasteiger partial charge >= 0.3 is 7.83 Å². The molecule has 0 saturated carbocycles. The van der Waals surface area contributed by atoms with Crippen LogP contribution in [0.2, 0.25) is 0 Å². The molecule has 4 heteroatoms. The normalized spacial score (nSPS) is 15.2. The Labute approximate surface area is 279 Å². The van der Waals surface area contributed by atoms with Crippen molar-refractivity contribution in [2.75, 3.05) is 4.73 Å². The molecule has 236 valence electrons. The third-order valence-corrected chi connectivity index (χ3v) is 25.7. The van der Waals surface area contributed by atoms with Gasteiger partial charge in [0.05, 0.1) is 5.69 Å². The van der Waals surface area contributed by atoms with E-state index in [1.165, 1.54) is 87.5 Å². The van der Waals surface area contributed by atoms with Crippen molar-refractivity contribution in [1.82, 2.24) is 0 Å². The number of para-hydroxylation sites is 1. The standard InChI is InChI=1S/C42H49NOSi2/c1-26-18-30(5)39(31(6)19-26)45(40-32(7)20-27(2)21-33(40)8)43(38-16-14-13-15-17-38)44-46(45,41-34(9)22-28(3)23-35(41)10)42-36(11)24-29(4)25-37(42)12/h13-25H,1-12H3. The fraction of sp³-hybridized carbons (Fsp3) is 0.286. The van der Waals surface area contributed by atoms with Crippen LogP contribution in [0.25, 0.3) is 0 Å². The minimum Gasteiger partial charge on any atom is -0.316 e. The minimum atomic E-state index is -3.12. The molecule has 1 heterocycles. The van der Waals surface area contributed by atoms with Crippen molar-refractivity contribution in [2.45, 2.75) is 83.1 Å². The van der Waals surface area contributed by atoms with E-state index in [-0.39, 0.29) is 0 Å². The number of hydrogen-bond acceptors (Lipinski definition) is 2. The van der Waals surface area contributed by atoms with Crippen LogP contribution in [-0.2, 0) is 4.53 Å². The zero-order valence-corrected chi connectivity index (χ0v) is 31.9. The molecule has 0 spiro atoms. The molecule has 2 nitrogen and oxygen atoms in total. The number of benzene rings is 5. The Balaban J connectivity index is 1.97. The van der Waals surface area contributed by atoms with Gasteiger partial charge in [0.2, 0.25) is 0 Å². The second-order valence-corrected chi connectivity index (χ2v) is 23.9. The molecule has 46 heavy (non-hydrogen) atoms. The second kappa shape index (κ2) is 11.5. The van der Waals surface area contributed by atoms with Gasteiger partial charge in [0, 0.05) is 0 Å². The summed E-state index contributed by atoms with van der Waals surface area (Å²) in [6.07, 6.45) is 0. The van der Waals surface area contributed by atoms with E-state index >= 15 is 0 Å². The van der Waals surface area contributed by atoms with E-state index in [9.17, 15) is 0 Å². The Hall–Kier alpha value is -3.71. The average molecular weight is 640 g/mol. The Bertz CT molecular complexity index is 1800. The summed E-state index contributed by atoms with van der Waals surface area (Å²) in [6.45, 7) is 27.7. The Morgan fingerprint density at radius 2 is 0.674 bits per heavy atom. The van der Waals surface area contributed by atoms with Crippen LogP contribution >= 0.6 is 0 Å². The van der Waals surface area contributed by atoms with E-state index in [0.29, 0.717) is 0 Å². The van der Waals surface area contributed by atoms with Crippen LogP contribution in [0.15, 0.2) is 78.9 Å². The molecular weight excluding hydrogens is 591 g/mol. The Kier molecular flexibility index (Phi) is 8.07. The summed E-state index contributed by atoms with van der Waals surface area (Å²) in [6, 6.07) is 30.2.